The number of alkyl carbamates (subject to hydrolysis) is 1. The standard InChI is InChI=1S/C23H27NO5/c1-23(2,3)29-21(26)19(14-15-20(25)18-12-8-5-9-13-18)24-22(27)28-16-17-10-6-4-7-11-17/h4-13,19H,14-16H2,1-3H3,(H,24,27)/t19-/m0/s1. The molecule has 0 bridgehead atoms. The van der Waals surface area contributed by atoms with Crippen molar-refractivity contribution in [3.05, 3.63) is 71.8 Å². The second-order valence-corrected chi connectivity index (χ2v) is 7.62. The molecule has 0 radical (unpaired) electrons. The number of carbonyl (C=O) groups is 3. The van der Waals surface area contributed by atoms with Gasteiger partial charge in [-0.25, -0.2) is 9.59 Å². The van der Waals surface area contributed by atoms with Gasteiger partial charge in [-0.2, -0.15) is 0 Å². The van der Waals surface area contributed by atoms with E-state index in [1.54, 1.807) is 45.0 Å². The van der Waals surface area contributed by atoms with Crippen LogP contribution in [0.25, 0.3) is 0 Å². The van der Waals surface area contributed by atoms with E-state index in [0.717, 1.165) is 5.56 Å². The molecule has 0 aliphatic rings. The van der Waals surface area contributed by atoms with Gasteiger partial charge in [-0.3, -0.25) is 4.79 Å². The van der Waals surface area contributed by atoms with Crippen LogP contribution in [-0.2, 0) is 20.9 Å². The van der Waals surface area contributed by atoms with Crippen molar-refractivity contribution < 1.29 is 23.9 Å². The van der Waals surface area contributed by atoms with E-state index in [2.05, 4.69) is 5.32 Å². The Morgan fingerprint density at radius 1 is 0.931 bits per heavy atom. The molecule has 6 heteroatoms. The SMILES string of the molecule is CC(C)(C)OC(=O)[C@H](CCC(=O)c1ccccc1)NC(=O)OCc1ccccc1. The van der Waals surface area contributed by atoms with Crippen LogP contribution in [0.2, 0.25) is 0 Å². The Bertz CT molecular complexity index is 812. The summed E-state index contributed by atoms with van der Waals surface area (Å²) in [5.74, 6) is -0.714. The van der Waals surface area contributed by atoms with Crippen LogP contribution in [0.5, 0.6) is 0 Å². The molecule has 0 spiro atoms. The fraction of sp³-hybridized carbons (Fsp3) is 0.348. The zero-order chi connectivity index (χ0) is 21.3. The molecule has 2 rings (SSSR count). The summed E-state index contributed by atoms with van der Waals surface area (Å²) >= 11 is 0. The van der Waals surface area contributed by atoms with E-state index in [9.17, 15) is 14.4 Å². The highest BCUT2D eigenvalue weighted by molar-refractivity contribution is 5.96. The van der Waals surface area contributed by atoms with Crippen LogP contribution in [0.15, 0.2) is 60.7 Å². The number of ketones is 1. The van der Waals surface area contributed by atoms with Gasteiger partial charge in [0.1, 0.15) is 18.2 Å². The molecule has 6 nitrogen and oxygen atoms in total. The average Bonchev–Trinajstić information content (AvgIpc) is 2.69. The fourth-order valence-electron chi connectivity index (χ4n) is 2.57. The topological polar surface area (TPSA) is 81.7 Å². The molecule has 0 aliphatic carbocycles. The first kappa shape index (κ1) is 22.1. The molecule has 2 aromatic rings. The highest BCUT2D eigenvalue weighted by atomic mass is 16.6. The smallest absolute Gasteiger partial charge is 0.408 e. The first-order valence-electron chi connectivity index (χ1n) is 9.53. The number of amides is 1. The van der Waals surface area contributed by atoms with Crippen molar-refractivity contribution in [3.8, 4) is 0 Å². The first-order chi connectivity index (χ1) is 13.7. The zero-order valence-corrected chi connectivity index (χ0v) is 17.0. The van der Waals surface area contributed by atoms with E-state index in [4.69, 9.17) is 9.47 Å². The minimum absolute atomic E-state index is 0.0800. The van der Waals surface area contributed by atoms with Crippen LogP contribution in [0.1, 0.15) is 49.5 Å². The minimum Gasteiger partial charge on any atom is -0.458 e. The maximum absolute atomic E-state index is 12.5. The normalized spacial score (nSPS) is 12.0. The molecule has 2 aromatic carbocycles. The molecule has 0 unspecified atom stereocenters. The predicted octanol–water partition coefficient (Wildman–Crippen LogP) is 4.29. The lowest BCUT2D eigenvalue weighted by Gasteiger charge is -2.24. The van der Waals surface area contributed by atoms with E-state index in [-0.39, 0.29) is 25.2 Å². The van der Waals surface area contributed by atoms with Gasteiger partial charge in [0.15, 0.2) is 5.78 Å². The predicted molar refractivity (Wildman–Crippen MR) is 109 cm³/mol. The largest absolute Gasteiger partial charge is 0.458 e. The Labute approximate surface area is 171 Å². The lowest BCUT2D eigenvalue weighted by atomic mass is 10.0. The minimum atomic E-state index is -0.981. The lowest BCUT2D eigenvalue weighted by molar-refractivity contribution is -0.157. The van der Waals surface area contributed by atoms with Gasteiger partial charge in [-0.15, -0.1) is 0 Å². The van der Waals surface area contributed by atoms with E-state index < -0.39 is 23.7 Å². The number of carbonyl (C=O) groups excluding carboxylic acids is 3. The van der Waals surface area contributed by atoms with Crippen LogP contribution >= 0.6 is 0 Å². The zero-order valence-electron chi connectivity index (χ0n) is 17.0. The molecule has 29 heavy (non-hydrogen) atoms. The molecule has 0 fully saturated rings. The van der Waals surface area contributed by atoms with Gasteiger partial charge in [0.25, 0.3) is 0 Å². The number of rotatable bonds is 8. The monoisotopic (exact) mass is 397 g/mol. The molecule has 0 heterocycles. The lowest BCUT2D eigenvalue weighted by Crippen LogP contribution is -2.44. The van der Waals surface area contributed by atoms with Crippen LogP contribution in [0.3, 0.4) is 0 Å². The molecule has 1 N–H and O–H groups in total. The molecular formula is C23H27NO5. The molecule has 1 amide bonds. The van der Waals surface area contributed by atoms with Gasteiger partial charge in [0.05, 0.1) is 0 Å². The number of Topliss-reactive ketones (excluding diaryl/α,β-unsaturated/α-hetero) is 1. The summed E-state index contributed by atoms with van der Waals surface area (Å²) in [6.07, 6.45) is -0.535. The summed E-state index contributed by atoms with van der Waals surface area (Å²) in [5.41, 5.74) is 0.673. The van der Waals surface area contributed by atoms with Crippen molar-refractivity contribution in [1.82, 2.24) is 5.32 Å². The van der Waals surface area contributed by atoms with Gasteiger partial charge in [0.2, 0.25) is 0 Å². The van der Waals surface area contributed by atoms with E-state index in [1.807, 2.05) is 36.4 Å². The molecular weight excluding hydrogens is 370 g/mol. The quantitative estimate of drug-likeness (QED) is 0.531. The van der Waals surface area contributed by atoms with Gasteiger partial charge in [-0.1, -0.05) is 60.7 Å². The van der Waals surface area contributed by atoms with Crippen molar-refractivity contribution in [2.45, 2.75) is 51.9 Å². The Morgan fingerprint density at radius 3 is 2.10 bits per heavy atom. The number of esters is 1. The molecule has 1 atom stereocenters. The third-order valence-corrected chi connectivity index (χ3v) is 3.95. The molecule has 0 aromatic heterocycles. The summed E-state index contributed by atoms with van der Waals surface area (Å²) in [5, 5.41) is 2.53. The number of hydrogen-bond acceptors (Lipinski definition) is 5. The Hall–Kier alpha value is -3.15. The van der Waals surface area contributed by atoms with Crippen molar-refractivity contribution in [2.24, 2.45) is 0 Å². The molecule has 154 valence electrons. The molecule has 0 saturated heterocycles. The Morgan fingerprint density at radius 2 is 1.52 bits per heavy atom. The van der Waals surface area contributed by atoms with Gasteiger partial charge in [0, 0.05) is 12.0 Å². The average molecular weight is 397 g/mol. The van der Waals surface area contributed by atoms with Crippen molar-refractivity contribution in [1.29, 1.82) is 0 Å². The van der Waals surface area contributed by atoms with Crippen LogP contribution < -0.4 is 5.32 Å². The van der Waals surface area contributed by atoms with E-state index in [0.29, 0.717) is 5.56 Å². The van der Waals surface area contributed by atoms with E-state index >= 15 is 0 Å². The summed E-state index contributed by atoms with van der Waals surface area (Å²) < 4.78 is 10.6. The summed E-state index contributed by atoms with van der Waals surface area (Å²) in [6, 6.07) is 17.0. The summed E-state index contributed by atoms with van der Waals surface area (Å²) in [4.78, 5) is 37.1. The Kier molecular flexibility index (Phi) is 7.95. The number of ether oxygens (including phenoxy) is 2. The summed E-state index contributed by atoms with van der Waals surface area (Å²) in [7, 11) is 0. The van der Waals surface area contributed by atoms with Gasteiger partial charge in [-0.05, 0) is 32.8 Å². The molecule has 0 aliphatic heterocycles. The second kappa shape index (κ2) is 10.4. The van der Waals surface area contributed by atoms with Crippen LogP contribution in [0, 0.1) is 0 Å². The van der Waals surface area contributed by atoms with Gasteiger partial charge < -0.3 is 14.8 Å². The highest BCUT2D eigenvalue weighted by Gasteiger charge is 2.28. The number of benzene rings is 2. The van der Waals surface area contributed by atoms with E-state index in [1.165, 1.54) is 0 Å². The summed E-state index contributed by atoms with van der Waals surface area (Å²) in [6.45, 7) is 5.30. The third-order valence-electron chi connectivity index (χ3n) is 3.95. The highest BCUT2D eigenvalue weighted by Crippen LogP contribution is 2.13. The number of hydrogen-bond donors (Lipinski definition) is 1. The fourth-order valence-corrected chi connectivity index (χ4v) is 2.57. The van der Waals surface area contributed by atoms with Crippen LogP contribution in [0.4, 0.5) is 4.79 Å². The van der Waals surface area contributed by atoms with Crippen LogP contribution in [-0.4, -0.2) is 29.5 Å². The van der Waals surface area contributed by atoms with Crippen molar-refractivity contribution in [3.63, 3.8) is 0 Å². The third kappa shape index (κ3) is 8.17. The maximum Gasteiger partial charge on any atom is 0.408 e. The maximum atomic E-state index is 12.5. The first-order valence-corrected chi connectivity index (χ1v) is 9.53. The molecule has 0 saturated carbocycles. The van der Waals surface area contributed by atoms with Crippen molar-refractivity contribution >= 4 is 17.8 Å². The second-order valence-electron chi connectivity index (χ2n) is 7.62. The Balaban J connectivity index is 1.97. The number of nitrogens with one attached hydrogen (secondary N) is 1. The van der Waals surface area contributed by atoms with Crippen molar-refractivity contribution in [2.75, 3.05) is 0 Å². The van der Waals surface area contributed by atoms with Gasteiger partial charge >= 0.3 is 12.1 Å².